The number of para-hydroxylation sites is 2. The Hall–Kier alpha value is -5.85. The highest BCUT2D eigenvalue weighted by atomic mass is 28.5. The fourth-order valence-electron chi connectivity index (χ4n) is 8.96. The molecule has 0 aliphatic carbocycles. The third-order valence-electron chi connectivity index (χ3n) is 11.2. The van der Waals surface area contributed by atoms with Gasteiger partial charge in [-0.2, -0.15) is 0 Å². The van der Waals surface area contributed by atoms with E-state index >= 15 is 0 Å². The van der Waals surface area contributed by atoms with Crippen LogP contribution in [0.1, 0.15) is 0 Å². The molecule has 1 heterocycles. The number of anilines is 2. The summed E-state index contributed by atoms with van der Waals surface area (Å²) in [5.74, 6) is 0. The van der Waals surface area contributed by atoms with Crippen LogP contribution in [0, 0.1) is 0 Å². The van der Waals surface area contributed by atoms with Gasteiger partial charge in [-0.1, -0.05) is 218 Å². The molecule has 0 spiro atoms. The highest BCUT2D eigenvalue weighted by Crippen LogP contribution is 2.36. The van der Waals surface area contributed by atoms with Crippen molar-refractivity contribution in [3.63, 3.8) is 0 Å². The number of nitrogens with zero attached hydrogens (tertiary/aromatic N) is 2. The first-order valence-corrected chi connectivity index (χ1v) is 26.5. The van der Waals surface area contributed by atoms with Gasteiger partial charge >= 0.3 is 8.40 Å². The first-order chi connectivity index (χ1) is 27.8. The van der Waals surface area contributed by atoms with Gasteiger partial charge in [-0.15, -0.1) is 0 Å². The van der Waals surface area contributed by atoms with Gasteiger partial charge in [0.1, 0.15) is 0 Å². The van der Waals surface area contributed by atoms with Crippen LogP contribution >= 0.6 is 0 Å². The maximum atomic E-state index is 4.61. The third-order valence-corrected chi connectivity index (χ3v) is 31.2. The van der Waals surface area contributed by atoms with Crippen molar-refractivity contribution < 1.29 is 0 Å². The number of hydrogen-bond acceptors (Lipinski definition) is 4. The Morgan fingerprint density at radius 3 is 0.732 bits per heavy atom. The maximum absolute atomic E-state index is 4.61. The van der Waals surface area contributed by atoms with E-state index in [1.54, 1.807) is 0 Å². The Kier molecular flexibility index (Phi) is 10.1. The Bertz CT molecular complexity index is 2190. The summed E-state index contributed by atoms with van der Waals surface area (Å²) in [6.07, 6.45) is 0. The van der Waals surface area contributed by atoms with Gasteiger partial charge in [0.25, 0.3) is 16.8 Å². The van der Waals surface area contributed by atoms with E-state index in [0.29, 0.717) is 0 Å². The molecule has 2 N–H and O–H groups in total. The molecule has 0 unspecified atom stereocenters. The van der Waals surface area contributed by atoms with E-state index < -0.39 is 35.0 Å². The normalized spacial score (nSPS) is 16.0. The number of rotatable bonds is 8. The van der Waals surface area contributed by atoms with Crippen molar-refractivity contribution in [3.05, 3.63) is 243 Å². The van der Waals surface area contributed by atoms with E-state index in [1.165, 1.54) is 42.5 Å². The minimum Gasteiger partial charge on any atom is -0.383 e. The molecule has 8 aromatic rings. The van der Waals surface area contributed by atoms with Crippen molar-refractivity contribution in [3.8, 4) is 0 Å². The SMILES string of the molecule is c1ccc(N2[Si](c3ccccc3)(c3ccccc3)N[SiH2]N[Si](c3ccccc3)(c3ccccc3)N(c3ccccc3)[Si]2(c2ccccc2)c2ccccc2)cc1. The molecule has 0 bridgehead atoms. The molecular weight excluding hydrogens is 745 g/mol. The molecule has 9 rings (SSSR count). The maximum Gasteiger partial charge on any atom is 0.317 e. The van der Waals surface area contributed by atoms with Gasteiger partial charge in [0, 0.05) is 11.4 Å². The van der Waals surface area contributed by atoms with Crippen LogP contribution < -0.4 is 48.9 Å². The van der Waals surface area contributed by atoms with Crippen LogP contribution in [0.5, 0.6) is 0 Å². The molecular formula is C48H44N4Si4. The van der Waals surface area contributed by atoms with Gasteiger partial charge in [-0.05, 0) is 55.4 Å². The average Bonchev–Trinajstić information content (AvgIpc) is 3.29. The molecule has 0 amide bonds. The van der Waals surface area contributed by atoms with Crippen LogP contribution in [0.2, 0.25) is 0 Å². The minimum absolute atomic E-state index is 1.21. The van der Waals surface area contributed by atoms with Crippen LogP contribution in [0.4, 0.5) is 11.4 Å². The smallest absolute Gasteiger partial charge is 0.317 e. The van der Waals surface area contributed by atoms with Gasteiger partial charge in [0.15, 0.2) is 9.84 Å². The first kappa shape index (κ1) is 35.8. The van der Waals surface area contributed by atoms with E-state index in [0.717, 1.165) is 0 Å². The zero-order valence-electron chi connectivity index (χ0n) is 31.2. The monoisotopic (exact) mass is 788 g/mol. The van der Waals surface area contributed by atoms with E-state index in [-0.39, 0.29) is 0 Å². The van der Waals surface area contributed by atoms with Crippen molar-refractivity contribution in [1.29, 1.82) is 0 Å². The molecule has 4 nitrogen and oxygen atoms in total. The number of hydrogen-bond donors (Lipinski definition) is 2. The van der Waals surface area contributed by atoms with E-state index in [1.807, 2.05) is 0 Å². The molecule has 8 aromatic carbocycles. The summed E-state index contributed by atoms with van der Waals surface area (Å²) >= 11 is 0. The Morgan fingerprint density at radius 2 is 0.482 bits per heavy atom. The van der Waals surface area contributed by atoms with Gasteiger partial charge in [0.05, 0.1) is 0 Å². The predicted molar refractivity (Wildman–Crippen MR) is 246 cm³/mol. The Labute approximate surface area is 336 Å². The second-order valence-corrected chi connectivity index (χ2v) is 27.7. The van der Waals surface area contributed by atoms with Gasteiger partial charge in [-0.3, -0.25) is 0 Å². The molecule has 0 atom stereocenters. The zero-order valence-corrected chi connectivity index (χ0v) is 35.6. The van der Waals surface area contributed by atoms with Crippen LogP contribution in [-0.4, -0.2) is 35.0 Å². The molecule has 0 radical (unpaired) electrons. The van der Waals surface area contributed by atoms with Crippen LogP contribution in [0.3, 0.4) is 0 Å². The van der Waals surface area contributed by atoms with Crippen molar-refractivity contribution in [1.82, 2.24) is 9.30 Å². The highest BCUT2D eigenvalue weighted by Gasteiger charge is 2.66. The predicted octanol–water partition coefficient (Wildman–Crippen LogP) is 4.96. The molecule has 0 aromatic heterocycles. The zero-order chi connectivity index (χ0) is 37.7. The summed E-state index contributed by atoms with van der Waals surface area (Å²) in [7, 11) is -11.2. The van der Waals surface area contributed by atoms with E-state index in [4.69, 9.17) is 0 Å². The van der Waals surface area contributed by atoms with Crippen LogP contribution in [-0.2, 0) is 0 Å². The fourth-order valence-corrected chi connectivity index (χ4v) is 35.4. The minimum atomic E-state index is -3.57. The molecule has 272 valence electrons. The number of nitrogens with one attached hydrogen (secondary N) is 2. The van der Waals surface area contributed by atoms with E-state index in [9.17, 15) is 0 Å². The van der Waals surface area contributed by atoms with Crippen LogP contribution in [0.15, 0.2) is 243 Å². The van der Waals surface area contributed by atoms with Crippen molar-refractivity contribution in [2.24, 2.45) is 0 Å². The lowest BCUT2D eigenvalue weighted by Gasteiger charge is -2.64. The molecule has 0 saturated carbocycles. The largest absolute Gasteiger partial charge is 0.383 e. The van der Waals surface area contributed by atoms with Gasteiger partial charge in [0.2, 0.25) is 0 Å². The summed E-state index contributed by atoms with van der Waals surface area (Å²) in [5.41, 5.74) is 2.42. The molecule has 8 heteroatoms. The van der Waals surface area contributed by atoms with Crippen molar-refractivity contribution >= 4 is 77.5 Å². The summed E-state index contributed by atoms with van der Waals surface area (Å²) in [4.78, 5) is 0. The fraction of sp³-hybridized carbons (Fsp3) is 0. The summed E-state index contributed by atoms with van der Waals surface area (Å²) in [6, 6.07) is 91.0. The first-order valence-electron chi connectivity index (χ1n) is 19.3. The van der Waals surface area contributed by atoms with Gasteiger partial charge < -0.3 is 17.8 Å². The third kappa shape index (κ3) is 5.95. The lowest BCUT2D eigenvalue weighted by Crippen LogP contribution is -3.01. The van der Waals surface area contributed by atoms with E-state index in [2.05, 4.69) is 260 Å². The molecule has 1 saturated heterocycles. The second-order valence-electron chi connectivity index (χ2n) is 14.2. The Morgan fingerprint density at radius 1 is 0.268 bits per heavy atom. The standard InChI is InChI=1S/C48H44N4Si4/c1-9-25-41(26-10-1)51-54(43-29-13-3-14-30-43,44-31-15-4-16-32-44)49-53-50-55(45-33-17-5-18-34-45,46-35-19-6-20-36-46)52(42-27-11-2-12-28-42)56(51,47-37-21-7-22-38-47)48-39-23-8-24-40-48/h1-40,49-50H,53H2. The Balaban J connectivity index is 1.58. The van der Waals surface area contributed by atoms with Crippen molar-refractivity contribution in [2.75, 3.05) is 8.46 Å². The highest BCUT2D eigenvalue weighted by molar-refractivity contribution is 7.30. The lowest BCUT2D eigenvalue weighted by molar-refractivity contribution is 1.20. The topological polar surface area (TPSA) is 30.5 Å². The molecule has 1 fully saturated rings. The lowest BCUT2D eigenvalue weighted by atomic mass is 10.3. The van der Waals surface area contributed by atoms with Gasteiger partial charge in [-0.25, -0.2) is 0 Å². The summed E-state index contributed by atoms with van der Waals surface area (Å²) in [5, 5.41) is 7.95. The molecule has 1 aliphatic rings. The quantitative estimate of drug-likeness (QED) is 0.214. The average molecular weight is 789 g/mol. The summed E-state index contributed by atoms with van der Waals surface area (Å²) < 4.78 is 15.2. The van der Waals surface area contributed by atoms with Crippen LogP contribution in [0.25, 0.3) is 0 Å². The second kappa shape index (κ2) is 15.7. The van der Waals surface area contributed by atoms with Crippen molar-refractivity contribution in [2.45, 2.75) is 0 Å². The molecule has 1 aliphatic heterocycles. The molecule has 56 heavy (non-hydrogen) atoms. The number of benzene rings is 8. The summed E-state index contributed by atoms with van der Waals surface area (Å²) in [6.45, 7) is 0.